The molecule has 0 bridgehead atoms. The molecule has 1 aromatic heterocycles. The number of nitrogens with zero attached hydrogens (tertiary/aromatic N) is 1. The first-order valence-corrected chi connectivity index (χ1v) is 6.00. The van der Waals surface area contributed by atoms with Crippen LogP contribution < -0.4 is 5.32 Å². The number of aryl methyl sites for hydroxylation is 2. The normalized spacial score (nSPS) is 11.7. The van der Waals surface area contributed by atoms with Crippen molar-refractivity contribution in [3.63, 3.8) is 0 Å². The Morgan fingerprint density at radius 2 is 2.22 bits per heavy atom. The molecule has 0 unspecified atom stereocenters. The molecule has 0 amide bonds. The molecule has 0 aliphatic rings. The minimum Gasteiger partial charge on any atom is -0.466 e. The van der Waals surface area contributed by atoms with Gasteiger partial charge in [0.25, 0.3) is 0 Å². The summed E-state index contributed by atoms with van der Waals surface area (Å²) < 4.78 is 9.76. The SMILES string of the molecule is CCC(=CCNCc1c(C)noc1C)C(=O)OC. The van der Waals surface area contributed by atoms with Crippen molar-refractivity contribution in [1.29, 1.82) is 0 Å². The van der Waals surface area contributed by atoms with Crippen LogP contribution in [0.25, 0.3) is 0 Å². The summed E-state index contributed by atoms with van der Waals surface area (Å²) in [7, 11) is 1.39. The summed E-state index contributed by atoms with van der Waals surface area (Å²) in [5, 5.41) is 7.11. The third-order valence-corrected chi connectivity index (χ3v) is 2.80. The second-order valence-electron chi connectivity index (χ2n) is 4.01. The lowest BCUT2D eigenvalue weighted by molar-refractivity contribution is -0.136. The quantitative estimate of drug-likeness (QED) is 0.476. The van der Waals surface area contributed by atoms with E-state index in [2.05, 4.69) is 15.2 Å². The molecule has 1 rings (SSSR count). The molecule has 1 heterocycles. The maximum absolute atomic E-state index is 11.3. The van der Waals surface area contributed by atoms with E-state index in [0.29, 0.717) is 25.1 Å². The van der Waals surface area contributed by atoms with Gasteiger partial charge in [0.05, 0.1) is 12.8 Å². The lowest BCUT2D eigenvalue weighted by atomic mass is 10.2. The first-order valence-electron chi connectivity index (χ1n) is 6.00. The van der Waals surface area contributed by atoms with Gasteiger partial charge in [-0.05, 0) is 20.3 Å². The van der Waals surface area contributed by atoms with Gasteiger partial charge in [0, 0.05) is 24.2 Å². The fourth-order valence-corrected chi connectivity index (χ4v) is 1.65. The van der Waals surface area contributed by atoms with Crippen molar-refractivity contribution < 1.29 is 14.1 Å². The molecule has 0 saturated carbocycles. The van der Waals surface area contributed by atoms with E-state index < -0.39 is 0 Å². The number of methoxy groups -OCH3 is 1. The molecule has 0 saturated heterocycles. The van der Waals surface area contributed by atoms with E-state index in [-0.39, 0.29) is 5.97 Å². The van der Waals surface area contributed by atoms with Crippen molar-refractivity contribution in [3.8, 4) is 0 Å². The van der Waals surface area contributed by atoms with E-state index in [9.17, 15) is 4.79 Å². The molecule has 0 atom stereocenters. The molecule has 0 aromatic carbocycles. The van der Waals surface area contributed by atoms with Crippen LogP contribution in [-0.2, 0) is 16.1 Å². The van der Waals surface area contributed by atoms with Crippen LogP contribution >= 0.6 is 0 Å². The zero-order chi connectivity index (χ0) is 13.5. The highest BCUT2D eigenvalue weighted by atomic mass is 16.5. The highest BCUT2D eigenvalue weighted by molar-refractivity contribution is 5.88. The van der Waals surface area contributed by atoms with Crippen LogP contribution in [0.15, 0.2) is 16.2 Å². The summed E-state index contributed by atoms with van der Waals surface area (Å²) in [5.74, 6) is 0.560. The molecule has 0 spiro atoms. The Kier molecular flexibility index (Phi) is 5.58. The minimum absolute atomic E-state index is 0.267. The van der Waals surface area contributed by atoms with Gasteiger partial charge in [0.15, 0.2) is 0 Å². The number of rotatable bonds is 6. The summed E-state index contributed by atoms with van der Waals surface area (Å²) in [6.07, 6.45) is 2.52. The number of hydrogen-bond acceptors (Lipinski definition) is 5. The molecule has 0 fully saturated rings. The Hall–Kier alpha value is -1.62. The smallest absolute Gasteiger partial charge is 0.333 e. The van der Waals surface area contributed by atoms with Crippen LogP contribution in [0.5, 0.6) is 0 Å². The molecular weight excluding hydrogens is 232 g/mol. The van der Waals surface area contributed by atoms with Gasteiger partial charge < -0.3 is 14.6 Å². The Bertz CT molecular complexity index is 416. The van der Waals surface area contributed by atoms with Gasteiger partial charge in [-0.1, -0.05) is 18.2 Å². The lowest BCUT2D eigenvalue weighted by Gasteiger charge is -2.04. The predicted molar refractivity (Wildman–Crippen MR) is 68.1 cm³/mol. The average molecular weight is 252 g/mol. The molecule has 5 heteroatoms. The molecule has 18 heavy (non-hydrogen) atoms. The summed E-state index contributed by atoms with van der Waals surface area (Å²) in [6.45, 7) is 7.02. The van der Waals surface area contributed by atoms with Gasteiger partial charge in [-0.25, -0.2) is 4.79 Å². The van der Waals surface area contributed by atoms with E-state index in [4.69, 9.17) is 4.52 Å². The van der Waals surface area contributed by atoms with Crippen molar-refractivity contribution in [2.75, 3.05) is 13.7 Å². The molecule has 0 aliphatic carbocycles. The van der Waals surface area contributed by atoms with Crippen molar-refractivity contribution in [2.45, 2.75) is 33.7 Å². The molecule has 5 nitrogen and oxygen atoms in total. The zero-order valence-electron chi connectivity index (χ0n) is 11.4. The van der Waals surface area contributed by atoms with Gasteiger partial charge in [-0.2, -0.15) is 0 Å². The third-order valence-electron chi connectivity index (χ3n) is 2.80. The van der Waals surface area contributed by atoms with Crippen LogP contribution in [-0.4, -0.2) is 24.8 Å². The largest absolute Gasteiger partial charge is 0.466 e. The Balaban J connectivity index is 2.47. The van der Waals surface area contributed by atoms with Gasteiger partial charge >= 0.3 is 5.97 Å². The number of hydrogen-bond donors (Lipinski definition) is 1. The number of aromatic nitrogens is 1. The van der Waals surface area contributed by atoms with Crippen molar-refractivity contribution in [3.05, 3.63) is 28.7 Å². The topological polar surface area (TPSA) is 64.4 Å². The average Bonchev–Trinajstić information content (AvgIpc) is 2.69. The standard InChI is InChI=1S/C13H20N2O3/c1-5-11(13(16)17-4)6-7-14-8-12-9(2)15-18-10(12)3/h6,14H,5,7-8H2,1-4H3. The first kappa shape index (κ1) is 14.4. The number of ether oxygens (including phenoxy) is 1. The molecule has 1 N–H and O–H groups in total. The molecular formula is C13H20N2O3. The molecule has 0 aliphatic heterocycles. The zero-order valence-corrected chi connectivity index (χ0v) is 11.4. The highest BCUT2D eigenvalue weighted by Crippen LogP contribution is 2.11. The Morgan fingerprint density at radius 3 is 2.72 bits per heavy atom. The molecule has 0 radical (unpaired) electrons. The lowest BCUT2D eigenvalue weighted by Crippen LogP contribution is -2.15. The minimum atomic E-state index is -0.267. The molecule has 100 valence electrons. The number of esters is 1. The van der Waals surface area contributed by atoms with E-state index in [1.165, 1.54) is 7.11 Å². The summed E-state index contributed by atoms with van der Waals surface area (Å²) in [4.78, 5) is 11.3. The number of carbonyl (C=O) groups is 1. The summed E-state index contributed by atoms with van der Waals surface area (Å²) in [6, 6.07) is 0. The van der Waals surface area contributed by atoms with E-state index in [0.717, 1.165) is 17.0 Å². The third kappa shape index (κ3) is 3.70. The summed E-state index contributed by atoms with van der Waals surface area (Å²) >= 11 is 0. The van der Waals surface area contributed by atoms with Gasteiger partial charge in [0.1, 0.15) is 5.76 Å². The first-order chi connectivity index (χ1) is 8.60. The van der Waals surface area contributed by atoms with Crippen LogP contribution in [0, 0.1) is 13.8 Å². The van der Waals surface area contributed by atoms with Crippen LogP contribution in [0.2, 0.25) is 0 Å². The van der Waals surface area contributed by atoms with E-state index in [1.807, 2.05) is 26.8 Å². The van der Waals surface area contributed by atoms with Gasteiger partial charge in [-0.3, -0.25) is 0 Å². The number of carbonyl (C=O) groups excluding carboxylic acids is 1. The second-order valence-corrected chi connectivity index (χ2v) is 4.01. The Labute approximate surface area is 107 Å². The van der Waals surface area contributed by atoms with Gasteiger partial charge in [-0.15, -0.1) is 0 Å². The van der Waals surface area contributed by atoms with Crippen LogP contribution in [0.4, 0.5) is 0 Å². The molecule has 1 aromatic rings. The maximum atomic E-state index is 11.3. The van der Waals surface area contributed by atoms with E-state index in [1.54, 1.807) is 0 Å². The highest BCUT2D eigenvalue weighted by Gasteiger charge is 2.08. The van der Waals surface area contributed by atoms with Crippen LogP contribution in [0.1, 0.15) is 30.4 Å². The van der Waals surface area contributed by atoms with Crippen molar-refractivity contribution in [2.24, 2.45) is 0 Å². The summed E-state index contributed by atoms with van der Waals surface area (Å²) in [5.41, 5.74) is 2.65. The van der Waals surface area contributed by atoms with Crippen LogP contribution in [0.3, 0.4) is 0 Å². The monoisotopic (exact) mass is 252 g/mol. The number of nitrogens with one attached hydrogen (secondary N) is 1. The fraction of sp³-hybridized carbons (Fsp3) is 0.538. The second kappa shape index (κ2) is 6.96. The van der Waals surface area contributed by atoms with Crippen molar-refractivity contribution >= 4 is 5.97 Å². The maximum Gasteiger partial charge on any atom is 0.333 e. The van der Waals surface area contributed by atoms with Crippen molar-refractivity contribution in [1.82, 2.24) is 10.5 Å². The predicted octanol–water partition coefficient (Wildman–Crippen LogP) is 1.89. The van der Waals surface area contributed by atoms with Gasteiger partial charge in [0.2, 0.25) is 0 Å². The van der Waals surface area contributed by atoms with E-state index >= 15 is 0 Å². The Morgan fingerprint density at radius 1 is 1.50 bits per heavy atom. The fourth-order valence-electron chi connectivity index (χ4n) is 1.65.